The van der Waals surface area contributed by atoms with Gasteiger partial charge in [-0.3, -0.25) is 9.78 Å². The molecule has 132 valence electrons. The second-order valence-corrected chi connectivity index (χ2v) is 6.55. The molecule has 0 aliphatic carbocycles. The van der Waals surface area contributed by atoms with Crippen molar-refractivity contribution in [1.82, 2.24) is 20.6 Å². The van der Waals surface area contributed by atoms with Gasteiger partial charge in [0, 0.05) is 38.4 Å². The Balaban J connectivity index is 1.76. The van der Waals surface area contributed by atoms with Crippen LogP contribution in [0.4, 0.5) is 5.82 Å². The zero-order valence-corrected chi connectivity index (χ0v) is 14.8. The summed E-state index contributed by atoms with van der Waals surface area (Å²) in [5.74, 6) is 0.995. The molecule has 1 aliphatic rings. The molecule has 25 heavy (non-hydrogen) atoms. The SMILES string of the molecule is CN(C)c1nc(C2CCCNC2)ccc1C(=O)NCc1ccccn1. The standard InChI is InChI=1S/C19H25N5O/c1-24(2)18-16(19(25)22-13-15-7-3-4-11-21-15)8-9-17(23-18)14-6-5-10-20-12-14/h3-4,7-9,11,14,20H,5-6,10,12-13H2,1-2H3,(H,22,25). The zero-order chi connectivity index (χ0) is 17.6. The van der Waals surface area contributed by atoms with Gasteiger partial charge in [0.2, 0.25) is 0 Å². The molecule has 3 heterocycles. The molecule has 6 nitrogen and oxygen atoms in total. The average molecular weight is 339 g/mol. The first-order valence-electron chi connectivity index (χ1n) is 8.72. The molecule has 0 aromatic carbocycles. The molecule has 0 saturated carbocycles. The number of anilines is 1. The maximum absolute atomic E-state index is 12.6. The van der Waals surface area contributed by atoms with E-state index in [-0.39, 0.29) is 5.91 Å². The highest BCUT2D eigenvalue weighted by Gasteiger charge is 2.20. The number of pyridine rings is 2. The smallest absolute Gasteiger partial charge is 0.255 e. The Morgan fingerprint density at radius 2 is 2.20 bits per heavy atom. The van der Waals surface area contributed by atoms with E-state index in [0.717, 1.165) is 37.3 Å². The molecular weight excluding hydrogens is 314 g/mol. The predicted molar refractivity (Wildman–Crippen MR) is 98.8 cm³/mol. The van der Waals surface area contributed by atoms with Gasteiger partial charge < -0.3 is 15.5 Å². The first kappa shape index (κ1) is 17.4. The fourth-order valence-corrected chi connectivity index (χ4v) is 3.08. The van der Waals surface area contributed by atoms with Crippen LogP contribution < -0.4 is 15.5 Å². The van der Waals surface area contributed by atoms with E-state index in [2.05, 4.69) is 15.6 Å². The molecule has 1 unspecified atom stereocenters. The minimum absolute atomic E-state index is 0.129. The van der Waals surface area contributed by atoms with Gasteiger partial charge in [-0.2, -0.15) is 0 Å². The van der Waals surface area contributed by atoms with E-state index in [1.165, 1.54) is 0 Å². The van der Waals surface area contributed by atoms with Crippen LogP contribution in [0, 0.1) is 0 Å². The summed E-state index contributed by atoms with van der Waals surface area (Å²) in [6, 6.07) is 9.54. The van der Waals surface area contributed by atoms with Crippen LogP contribution in [0.3, 0.4) is 0 Å². The Bertz CT molecular complexity index is 711. The van der Waals surface area contributed by atoms with E-state index >= 15 is 0 Å². The van der Waals surface area contributed by atoms with Crippen molar-refractivity contribution in [3.63, 3.8) is 0 Å². The van der Waals surface area contributed by atoms with E-state index in [1.54, 1.807) is 6.20 Å². The lowest BCUT2D eigenvalue weighted by molar-refractivity contribution is 0.0950. The van der Waals surface area contributed by atoms with Crippen LogP contribution in [0.5, 0.6) is 0 Å². The van der Waals surface area contributed by atoms with Crippen molar-refractivity contribution < 1.29 is 4.79 Å². The van der Waals surface area contributed by atoms with Gasteiger partial charge in [0.1, 0.15) is 5.82 Å². The van der Waals surface area contributed by atoms with E-state index in [0.29, 0.717) is 23.8 Å². The number of carbonyl (C=O) groups excluding carboxylic acids is 1. The Kier molecular flexibility index (Phi) is 5.60. The highest BCUT2D eigenvalue weighted by atomic mass is 16.1. The van der Waals surface area contributed by atoms with Gasteiger partial charge >= 0.3 is 0 Å². The summed E-state index contributed by atoms with van der Waals surface area (Å²) in [5, 5.41) is 6.35. The van der Waals surface area contributed by atoms with Gasteiger partial charge in [-0.15, -0.1) is 0 Å². The van der Waals surface area contributed by atoms with Crippen molar-refractivity contribution in [2.75, 3.05) is 32.1 Å². The third-order valence-electron chi connectivity index (χ3n) is 4.44. The van der Waals surface area contributed by atoms with Crippen LogP contribution in [-0.2, 0) is 6.54 Å². The predicted octanol–water partition coefficient (Wildman–Crippen LogP) is 1.94. The molecule has 1 amide bonds. The van der Waals surface area contributed by atoms with Gasteiger partial charge in [-0.05, 0) is 43.7 Å². The molecule has 0 radical (unpaired) electrons. The summed E-state index contributed by atoms with van der Waals surface area (Å²) in [4.78, 5) is 23.5. The molecule has 1 saturated heterocycles. The largest absolute Gasteiger partial charge is 0.362 e. The second-order valence-electron chi connectivity index (χ2n) is 6.55. The van der Waals surface area contributed by atoms with Crippen LogP contribution in [0.1, 0.15) is 40.5 Å². The van der Waals surface area contributed by atoms with E-state index in [9.17, 15) is 4.79 Å². The van der Waals surface area contributed by atoms with Crippen molar-refractivity contribution in [3.8, 4) is 0 Å². The monoisotopic (exact) mass is 339 g/mol. The Morgan fingerprint density at radius 3 is 2.88 bits per heavy atom. The molecule has 2 aromatic heterocycles. The first-order chi connectivity index (χ1) is 12.1. The molecule has 3 rings (SSSR count). The summed E-state index contributed by atoms with van der Waals surface area (Å²) >= 11 is 0. The summed E-state index contributed by atoms with van der Waals surface area (Å²) in [7, 11) is 3.83. The van der Waals surface area contributed by atoms with Gasteiger partial charge in [0.05, 0.1) is 17.8 Å². The Hall–Kier alpha value is -2.47. The summed E-state index contributed by atoms with van der Waals surface area (Å²) in [5.41, 5.74) is 2.48. The molecule has 1 fully saturated rings. The van der Waals surface area contributed by atoms with Crippen LogP contribution in [0.2, 0.25) is 0 Å². The molecule has 0 spiro atoms. The number of piperidine rings is 1. The summed E-state index contributed by atoms with van der Waals surface area (Å²) < 4.78 is 0. The number of nitrogens with zero attached hydrogens (tertiary/aromatic N) is 3. The minimum Gasteiger partial charge on any atom is -0.362 e. The fourth-order valence-electron chi connectivity index (χ4n) is 3.08. The first-order valence-corrected chi connectivity index (χ1v) is 8.72. The third kappa shape index (κ3) is 4.33. The molecule has 1 atom stereocenters. The van der Waals surface area contributed by atoms with Crippen molar-refractivity contribution >= 4 is 11.7 Å². The van der Waals surface area contributed by atoms with Gasteiger partial charge in [-0.25, -0.2) is 4.98 Å². The van der Waals surface area contributed by atoms with Crippen molar-refractivity contribution in [1.29, 1.82) is 0 Å². The number of hydrogen-bond donors (Lipinski definition) is 2. The number of hydrogen-bond acceptors (Lipinski definition) is 5. The van der Waals surface area contributed by atoms with Crippen LogP contribution >= 0.6 is 0 Å². The van der Waals surface area contributed by atoms with Crippen molar-refractivity contribution in [3.05, 3.63) is 53.5 Å². The lowest BCUT2D eigenvalue weighted by Crippen LogP contribution is -2.30. The second kappa shape index (κ2) is 8.07. The Morgan fingerprint density at radius 1 is 1.32 bits per heavy atom. The average Bonchev–Trinajstić information content (AvgIpc) is 2.67. The molecular formula is C19H25N5O. The van der Waals surface area contributed by atoms with E-state index in [1.807, 2.05) is 49.3 Å². The van der Waals surface area contributed by atoms with Crippen LogP contribution in [0.15, 0.2) is 36.5 Å². The topological polar surface area (TPSA) is 70.2 Å². The van der Waals surface area contributed by atoms with Crippen molar-refractivity contribution in [2.45, 2.75) is 25.3 Å². The van der Waals surface area contributed by atoms with E-state index < -0.39 is 0 Å². The van der Waals surface area contributed by atoms with Gasteiger partial charge in [-0.1, -0.05) is 6.07 Å². The number of aromatic nitrogens is 2. The van der Waals surface area contributed by atoms with Gasteiger partial charge in [0.25, 0.3) is 5.91 Å². The maximum atomic E-state index is 12.6. The highest BCUT2D eigenvalue weighted by Crippen LogP contribution is 2.25. The lowest BCUT2D eigenvalue weighted by Gasteiger charge is -2.24. The molecule has 6 heteroatoms. The third-order valence-corrected chi connectivity index (χ3v) is 4.44. The van der Waals surface area contributed by atoms with E-state index in [4.69, 9.17) is 4.98 Å². The normalized spacial score (nSPS) is 17.1. The van der Waals surface area contributed by atoms with Crippen molar-refractivity contribution in [2.24, 2.45) is 0 Å². The molecule has 2 aromatic rings. The summed E-state index contributed by atoms with van der Waals surface area (Å²) in [6.07, 6.45) is 4.02. The summed E-state index contributed by atoms with van der Waals surface area (Å²) in [6.45, 7) is 2.43. The quantitative estimate of drug-likeness (QED) is 0.871. The van der Waals surface area contributed by atoms with Crippen LogP contribution in [0.25, 0.3) is 0 Å². The maximum Gasteiger partial charge on any atom is 0.255 e. The number of rotatable bonds is 5. The Labute approximate surface area is 148 Å². The highest BCUT2D eigenvalue weighted by molar-refractivity contribution is 5.98. The fraction of sp³-hybridized carbons (Fsp3) is 0.421. The number of nitrogens with one attached hydrogen (secondary N) is 2. The molecule has 2 N–H and O–H groups in total. The van der Waals surface area contributed by atoms with Gasteiger partial charge in [0.15, 0.2) is 0 Å². The number of amides is 1. The lowest BCUT2D eigenvalue weighted by atomic mass is 9.95. The number of carbonyl (C=O) groups is 1. The zero-order valence-electron chi connectivity index (χ0n) is 14.8. The molecule has 0 bridgehead atoms. The minimum atomic E-state index is -0.129. The molecule has 1 aliphatic heterocycles. The van der Waals surface area contributed by atoms with Crippen LogP contribution in [-0.4, -0.2) is 43.1 Å².